The molecule has 1 fully saturated rings. The molecule has 0 aromatic carbocycles. The molecule has 0 radical (unpaired) electrons. The monoisotopic (exact) mass is 400 g/mol. The highest BCUT2D eigenvalue weighted by Gasteiger charge is 2.23. The molecule has 0 atom stereocenters. The molecule has 0 aliphatic heterocycles. The fraction of sp³-hybridized carbons (Fsp3) is 0.545. The molecule has 0 spiro atoms. The van der Waals surface area contributed by atoms with Crippen LogP contribution < -0.4 is 10.0 Å². The van der Waals surface area contributed by atoms with Gasteiger partial charge in [-0.1, -0.05) is 11.6 Å². The van der Waals surface area contributed by atoms with Gasteiger partial charge in [0.05, 0.1) is 8.81 Å². The smallest absolute Gasteiger partial charge is 0.250 e. The zero-order valence-electron chi connectivity index (χ0n) is 10.5. The van der Waals surface area contributed by atoms with Crippen molar-refractivity contribution in [1.29, 1.82) is 0 Å². The number of rotatable bonds is 7. The Bertz CT molecular complexity index is 579. The third kappa shape index (κ3) is 4.70. The highest BCUT2D eigenvalue weighted by molar-refractivity contribution is 9.11. The van der Waals surface area contributed by atoms with Gasteiger partial charge >= 0.3 is 0 Å². The first-order valence-electron chi connectivity index (χ1n) is 6.12. The lowest BCUT2D eigenvalue weighted by atomic mass is 10.3. The van der Waals surface area contributed by atoms with Crippen LogP contribution in [0, 0.1) is 0 Å². The molecule has 1 aliphatic carbocycles. The second-order valence-corrected chi connectivity index (χ2v) is 9.30. The molecule has 20 heavy (non-hydrogen) atoms. The van der Waals surface area contributed by atoms with Crippen LogP contribution in [0.4, 0.5) is 0 Å². The Hall–Kier alpha value is -0.150. The minimum absolute atomic E-state index is 0.0198. The molecule has 112 valence electrons. The minimum atomic E-state index is -3.55. The van der Waals surface area contributed by atoms with Gasteiger partial charge in [-0.3, -0.25) is 4.79 Å². The van der Waals surface area contributed by atoms with Crippen LogP contribution in [0.2, 0.25) is 5.02 Å². The molecular formula is C11H14BrClN2O3S2. The van der Waals surface area contributed by atoms with Crippen LogP contribution >= 0.6 is 38.9 Å². The summed E-state index contributed by atoms with van der Waals surface area (Å²) in [7, 11) is -3.55. The van der Waals surface area contributed by atoms with E-state index in [1.54, 1.807) is 0 Å². The standard InChI is InChI=1S/C11H14BrClN2O3S2/c12-11-8(13)6-10(19-11)20(17,18)14-5-1-2-9(16)15-7-3-4-7/h6-7,14H,1-5H2,(H,15,16). The highest BCUT2D eigenvalue weighted by atomic mass is 79.9. The lowest BCUT2D eigenvalue weighted by Crippen LogP contribution is -2.28. The number of carbonyl (C=O) groups excluding carboxylic acids is 1. The third-order valence-electron chi connectivity index (χ3n) is 2.70. The molecule has 0 saturated heterocycles. The topological polar surface area (TPSA) is 75.3 Å². The summed E-state index contributed by atoms with van der Waals surface area (Å²) in [5.74, 6) is -0.0198. The Morgan fingerprint density at radius 3 is 2.75 bits per heavy atom. The summed E-state index contributed by atoms with van der Waals surface area (Å²) >= 11 is 10.0. The lowest BCUT2D eigenvalue weighted by Gasteiger charge is -2.05. The molecule has 1 saturated carbocycles. The number of carbonyl (C=O) groups is 1. The summed E-state index contributed by atoms with van der Waals surface area (Å²) in [6.45, 7) is 0.230. The second-order valence-electron chi connectivity index (χ2n) is 4.53. The van der Waals surface area contributed by atoms with Gasteiger partial charge in [0, 0.05) is 19.0 Å². The summed E-state index contributed by atoms with van der Waals surface area (Å²) in [5.41, 5.74) is 0. The molecule has 1 heterocycles. The number of sulfonamides is 1. The van der Waals surface area contributed by atoms with Crippen molar-refractivity contribution in [2.24, 2.45) is 0 Å². The molecule has 0 bridgehead atoms. The molecule has 0 unspecified atom stereocenters. The van der Waals surface area contributed by atoms with Crippen LogP contribution in [0.5, 0.6) is 0 Å². The van der Waals surface area contributed by atoms with Gasteiger partial charge in [-0.25, -0.2) is 13.1 Å². The molecule has 1 aliphatic rings. The fourth-order valence-corrected chi connectivity index (χ4v) is 5.03. The first-order valence-corrected chi connectivity index (χ1v) is 9.59. The number of halogens is 2. The van der Waals surface area contributed by atoms with Crippen molar-refractivity contribution >= 4 is 54.8 Å². The fourth-order valence-electron chi connectivity index (χ4n) is 1.51. The summed E-state index contributed by atoms with van der Waals surface area (Å²) in [6, 6.07) is 1.74. The van der Waals surface area contributed by atoms with Crippen molar-refractivity contribution < 1.29 is 13.2 Å². The van der Waals surface area contributed by atoms with E-state index in [2.05, 4.69) is 26.0 Å². The van der Waals surface area contributed by atoms with Crippen LogP contribution in [0.1, 0.15) is 25.7 Å². The Morgan fingerprint density at radius 1 is 1.50 bits per heavy atom. The van der Waals surface area contributed by atoms with Gasteiger partial charge in [-0.15, -0.1) is 11.3 Å². The number of thiophene rings is 1. The average Bonchev–Trinajstić information content (AvgIpc) is 3.11. The van der Waals surface area contributed by atoms with Gasteiger partial charge in [0.1, 0.15) is 4.21 Å². The second kappa shape index (κ2) is 6.74. The van der Waals surface area contributed by atoms with Gasteiger partial charge in [-0.2, -0.15) is 0 Å². The maximum atomic E-state index is 11.9. The zero-order valence-corrected chi connectivity index (χ0v) is 14.5. The maximum Gasteiger partial charge on any atom is 0.250 e. The maximum absolute atomic E-state index is 11.9. The Morgan fingerprint density at radius 2 is 2.20 bits per heavy atom. The number of hydrogen-bond acceptors (Lipinski definition) is 4. The largest absolute Gasteiger partial charge is 0.353 e. The van der Waals surface area contributed by atoms with E-state index in [1.807, 2.05) is 0 Å². The quantitative estimate of drug-likeness (QED) is 0.689. The van der Waals surface area contributed by atoms with E-state index < -0.39 is 10.0 Å². The number of hydrogen-bond donors (Lipinski definition) is 2. The third-order valence-corrected chi connectivity index (χ3v) is 7.11. The molecule has 2 N–H and O–H groups in total. The Kier molecular flexibility index (Phi) is 5.47. The van der Waals surface area contributed by atoms with Crippen LogP contribution in [-0.4, -0.2) is 26.9 Å². The van der Waals surface area contributed by atoms with Gasteiger partial charge < -0.3 is 5.32 Å². The predicted octanol–water partition coefficient (Wildman–Crippen LogP) is 2.50. The Labute approximate surface area is 135 Å². The van der Waals surface area contributed by atoms with Crippen LogP contribution in [0.25, 0.3) is 0 Å². The van der Waals surface area contributed by atoms with E-state index in [4.69, 9.17) is 11.6 Å². The summed E-state index contributed by atoms with van der Waals surface area (Å²) in [5, 5.41) is 3.23. The van der Waals surface area contributed by atoms with E-state index in [0.717, 1.165) is 24.2 Å². The molecule has 1 aromatic rings. The number of amides is 1. The average molecular weight is 402 g/mol. The zero-order chi connectivity index (χ0) is 14.8. The van der Waals surface area contributed by atoms with E-state index in [0.29, 0.717) is 27.7 Å². The molecule has 1 amide bonds. The van der Waals surface area contributed by atoms with Gasteiger partial charge in [-0.05, 0) is 41.3 Å². The molecule has 5 nitrogen and oxygen atoms in total. The van der Waals surface area contributed by atoms with E-state index in [-0.39, 0.29) is 16.7 Å². The molecular weight excluding hydrogens is 388 g/mol. The SMILES string of the molecule is O=C(CCCNS(=O)(=O)c1cc(Cl)c(Br)s1)NC1CC1. The number of nitrogens with one attached hydrogen (secondary N) is 2. The summed E-state index contributed by atoms with van der Waals surface area (Å²) < 4.78 is 27.1. The lowest BCUT2D eigenvalue weighted by molar-refractivity contribution is -0.121. The van der Waals surface area contributed by atoms with Crippen molar-refractivity contribution in [2.45, 2.75) is 35.9 Å². The summed E-state index contributed by atoms with van der Waals surface area (Å²) in [6.07, 6.45) is 2.89. The van der Waals surface area contributed by atoms with Gasteiger partial charge in [0.2, 0.25) is 15.9 Å². The van der Waals surface area contributed by atoms with Crippen LogP contribution in [0.15, 0.2) is 14.1 Å². The summed E-state index contributed by atoms with van der Waals surface area (Å²) in [4.78, 5) is 11.4. The molecule has 2 rings (SSSR count). The normalized spacial score (nSPS) is 15.3. The van der Waals surface area contributed by atoms with Crippen molar-refractivity contribution in [3.05, 3.63) is 14.9 Å². The van der Waals surface area contributed by atoms with E-state index in [9.17, 15) is 13.2 Å². The van der Waals surface area contributed by atoms with Gasteiger partial charge in [0.25, 0.3) is 0 Å². The van der Waals surface area contributed by atoms with Crippen molar-refractivity contribution in [3.63, 3.8) is 0 Å². The molecule has 9 heteroatoms. The van der Waals surface area contributed by atoms with Crippen molar-refractivity contribution in [2.75, 3.05) is 6.54 Å². The van der Waals surface area contributed by atoms with Crippen molar-refractivity contribution in [3.8, 4) is 0 Å². The van der Waals surface area contributed by atoms with Crippen LogP contribution in [-0.2, 0) is 14.8 Å². The first kappa shape index (κ1) is 16.2. The van der Waals surface area contributed by atoms with Crippen molar-refractivity contribution in [1.82, 2.24) is 10.0 Å². The minimum Gasteiger partial charge on any atom is -0.353 e. The van der Waals surface area contributed by atoms with E-state index >= 15 is 0 Å². The van der Waals surface area contributed by atoms with Gasteiger partial charge in [0.15, 0.2) is 0 Å². The molecule has 1 aromatic heterocycles. The Balaban J connectivity index is 1.76. The predicted molar refractivity (Wildman–Crippen MR) is 82.6 cm³/mol. The van der Waals surface area contributed by atoms with Crippen LogP contribution in [0.3, 0.4) is 0 Å². The first-order chi connectivity index (χ1) is 9.38. The highest BCUT2D eigenvalue weighted by Crippen LogP contribution is 2.34. The van der Waals surface area contributed by atoms with E-state index in [1.165, 1.54) is 6.07 Å².